The highest BCUT2D eigenvalue weighted by molar-refractivity contribution is 5.77. The van der Waals surface area contributed by atoms with Crippen LogP contribution in [0.2, 0.25) is 0 Å². The molecule has 0 aliphatic carbocycles. The SMILES string of the molecule is N=C(N)CC1CCCO1. The minimum absolute atomic E-state index is 0.238. The molecule has 0 aromatic carbocycles. The van der Waals surface area contributed by atoms with Crippen molar-refractivity contribution in [3.8, 4) is 0 Å². The Kier molecular flexibility index (Phi) is 2.05. The molecule has 9 heavy (non-hydrogen) atoms. The van der Waals surface area contributed by atoms with Crippen LogP contribution in [-0.2, 0) is 4.74 Å². The molecule has 0 spiro atoms. The monoisotopic (exact) mass is 128 g/mol. The zero-order chi connectivity index (χ0) is 6.69. The highest BCUT2D eigenvalue weighted by atomic mass is 16.5. The van der Waals surface area contributed by atoms with E-state index < -0.39 is 0 Å². The molecule has 0 aromatic rings. The quantitative estimate of drug-likeness (QED) is 0.420. The Labute approximate surface area is 54.7 Å². The van der Waals surface area contributed by atoms with Crippen molar-refractivity contribution in [1.29, 1.82) is 5.41 Å². The smallest absolute Gasteiger partial charge is 0.0931 e. The maximum atomic E-state index is 6.96. The van der Waals surface area contributed by atoms with E-state index in [1.807, 2.05) is 0 Å². The average Bonchev–Trinajstić information content (AvgIpc) is 2.15. The van der Waals surface area contributed by atoms with Gasteiger partial charge in [0.25, 0.3) is 0 Å². The standard InChI is InChI=1S/C6H12N2O/c7-6(8)4-5-2-1-3-9-5/h5H,1-4H2,(H3,7,8). The van der Waals surface area contributed by atoms with Crippen LogP contribution in [0.15, 0.2) is 0 Å². The Hall–Kier alpha value is -0.570. The molecule has 0 aromatic heterocycles. The number of hydrogen-bond acceptors (Lipinski definition) is 2. The van der Waals surface area contributed by atoms with Crippen LogP contribution in [0, 0.1) is 5.41 Å². The maximum absolute atomic E-state index is 6.96. The number of amidine groups is 1. The molecule has 1 aliphatic heterocycles. The minimum atomic E-state index is 0.238. The van der Waals surface area contributed by atoms with Gasteiger partial charge in [-0.2, -0.15) is 0 Å². The summed E-state index contributed by atoms with van der Waals surface area (Å²) in [5.41, 5.74) is 5.18. The predicted octanol–water partition coefficient (Wildman–Crippen LogP) is 0.491. The highest BCUT2D eigenvalue weighted by Gasteiger charge is 2.15. The molecule has 1 atom stereocenters. The summed E-state index contributed by atoms with van der Waals surface area (Å²) in [7, 11) is 0. The van der Waals surface area contributed by atoms with E-state index in [-0.39, 0.29) is 11.9 Å². The summed E-state index contributed by atoms with van der Waals surface area (Å²) in [5, 5.41) is 6.96. The van der Waals surface area contributed by atoms with Crippen LogP contribution in [0.5, 0.6) is 0 Å². The Balaban J connectivity index is 2.19. The lowest BCUT2D eigenvalue weighted by Crippen LogP contribution is -2.18. The van der Waals surface area contributed by atoms with Gasteiger partial charge < -0.3 is 10.5 Å². The van der Waals surface area contributed by atoms with Crippen LogP contribution in [0.1, 0.15) is 19.3 Å². The van der Waals surface area contributed by atoms with E-state index in [0.717, 1.165) is 19.4 Å². The predicted molar refractivity (Wildman–Crippen MR) is 35.5 cm³/mol. The van der Waals surface area contributed by atoms with E-state index in [1.54, 1.807) is 0 Å². The molecular weight excluding hydrogens is 116 g/mol. The average molecular weight is 128 g/mol. The van der Waals surface area contributed by atoms with Crippen LogP contribution in [0.25, 0.3) is 0 Å². The van der Waals surface area contributed by atoms with E-state index >= 15 is 0 Å². The third-order valence-electron chi connectivity index (χ3n) is 1.47. The second-order valence-electron chi connectivity index (χ2n) is 2.36. The highest BCUT2D eigenvalue weighted by Crippen LogP contribution is 2.14. The van der Waals surface area contributed by atoms with Crippen molar-refractivity contribution in [3.05, 3.63) is 0 Å². The van der Waals surface area contributed by atoms with Gasteiger partial charge in [0.15, 0.2) is 0 Å². The first kappa shape index (κ1) is 6.55. The van der Waals surface area contributed by atoms with Crippen molar-refractivity contribution in [2.75, 3.05) is 6.61 Å². The third kappa shape index (κ3) is 2.01. The van der Waals surface area contributed by atoms with Crippen molar-refractivity contribution < 1.29 is 4.74 Å². The van der Waals surface area contributed by atoms with E-state index in [0.29, 0.717) is 6.42 Å². The number of rotatable bonds is 2. The Bertz CT molecular complexity index is 108. The van der Waals surface area contributed by atoms with Crippen molar-refractivity contribution in [2.24, 2.45) is 5.73 Å². The van der Waals surface area contributed by atoms with Crippen LogP contribution < -0.4 is 5.73 Å². The molecular formula is C6H12N2O. The first-order chi connectivity index (χ1) is 4.29. The topological polar surface area (TPSA) is 59.1 Å². The summed E-state index contributed by atoms with van der Waals surface area (Å²) >= 11 is 0. The second-order valence-corrected chi connectivity index (χ2v) is 2.36. The van der Waals surface area contributed by atoms with Crippen molar-refractivity contribution in [1.82, 2.24) is 0 Å². The molecule has 3 nitrogen and oxygen atoms in total. The fraction of sp³-hybridized carbons (Fsp3) is 0.833. The molecule has 0 radical (unpaired) electrons. The molecule has 1 unspecified atom stereocenters. The molecule has 1 saturated heterocycles. The molecule has 1 aliphatic rings. The Morgan fingerprint density at radius 1 is 1.78 bits per heavy atom. The van der Waals surface area contributed by atoms with Crippen LogP contribution >= 0.6 is 0 Å². The minimum Gasteiger partial charge on any atom is -0.388 e. The summed E-state index contributed by atoms with van der Waals surface area (Å²) in [4.78, 5) is 0. The largest absolute Gasteiger partial charge is 0.388 e. The van der Waals surface area contributed by atoms with Gasteiger partial charge in [-0.05, 0) is 12.8 Å². The van der Waals surface area contributed by atoms with E-state index in [1.165, 1.54) is 0 Å². The molecule has 1 heterocycles. The summed E-state index contributed by atoms with van der Waals surface area (Å²) < 4.78 is 5.24. The molecule has 1 fully saturated rings. The van der Waals surface area contributed by atoms with Gasteiger partial charge in [-0.15, -0.1) is 0 Å². The van der Waals surface area contributed by atoms with Gasteiger partial charge in [-0.3, -0.25) is 5.41 Å². The molecule has 3 heteroatoms. The van der Waals surface area contributed by atoms with E-state index in [4.69, 9.17) is 15.9 Å². The second kappa shape index (κ2) is 2.82. The summed E-state index contributed by atoms with van der Waals surface area (Å²) in [6, 6.07) is 0. The normalized spacial score (nSPS) is 26.4. The van der Waals surface area contributed by atoms with Gasteiger partial charge in [0.2, 0.25) is 0 Å². The fourth-order valence-corrected chi connectivity index (χ4v) is 1.05. The summed E-state index contributed by atoms with van der Waals surface area (Å²) in [5.74, 6) is 0.238. The Morgan fingerprint density at radius 3 is 3.00 bits per heavy atom. The van der Waals surface area contributed by atoms with Gasteiger partial charge in [0.1, 0.15) is 0 Å². The number of nitrogens with two attached hydrogens (primary N) is 1. The lowest BCUT2D eigenvalue weighted by molar-refractivity contribution is 0.116. The lowest BCUT2D eigenvalue weighted by Gasteiger charge is -2.05. The zero-order valence-electron chi connectivity index (χ0n) is 5.39. The first-order valence-corrected chi connectivity index (χ1v) is 3.23. The van der Waals surface area contributed by atoms with Gasteiger partial charge in [0.05, 0.1) is 11.9 Å². The fourth-order valence-electron chi connectivity index (χ4n) is 1.05. The lowest BCUT2D eigenvalue weighted by atomic mass is 10.2. The van der Waals surface area contributed by atoms with Crippen LogP contribution in [0.4, 0.5) is 0 Å². The van der Waals surface area contributed by atoms with Crippen LogP contribution in [-0.4, -0.2) is 18.5 Å². The van der Waals surface area contributed by atoms with Gasteiger partial charge in [-0.1, -0.05) is 0 Å². The van der Waals surface area contributed by atoms with Gasteiger partial charge in [-0.25, -0.2) is 0 Å². The third-order valence-corrected chi connectivity index (χ3v) is 1.47. The van der Waals surface area contributed by atoms with Crippen molar-refractivity contribution in [3.63, 3.8) is 0 Å². The Morgan fingerprint density at radius 2 is 2.56 bits per heavy atom. The molecule has 3 N–H and O–H groups in total. The number of ether oxygens (including phenoxy) is 1. The molecule has 0 amide bonds. The van der Waals surface area contributed by atoms with Gasteiger partial charge in [0, 0.05) is 13.0 Å². The van der Waals surface area contributed by atoms with Gasteiger partial charge >= 0.3 is 0 Å². The van der Waals surface area contributed by atoms with Crippen molar-refractivity contribution in [2.45, 2.75) is 25.4 Å². The number of nitrogens with one attached hydrogen (secondary N) is 1. The first-order valence-electron chi connectivity index (χ1n) is 3.23. The molecule has 52 valence electrons. The van der Waals surface area contributed by atoms with E-state index in [9.17, 15) is 0 Å². The summed E-state index contributed by atoms with van der Waals surface area (Å²) in [6.45, 7) is 0.845. The van der Waals surface area contributed by atoms with Crippen LogP contribution in [0.3, 0.4) is 0 Å². The molecule has 0 bridgehead atoms. The van der Waals surface area contributed by atoms with E-state index in [2.05, 4.69) is 0 Å². The maximum Gasteiger partial charge on any atom is 0.0931 e. The molecule has 1 rings (SSSR count). The zero-order valence-corrected chi connectivity index (χ0v) is 5.39. The number of hydrogen-bond donors (Lipinski definition) is 2. The summed E-state index contributed by atoms with van der Waals surface area (Å²) in [6.07, 6.45) is 3.04. The van der Waals surface area contributed by atoms with Crippen molar-refractivity contribution >= 4 is 5.84 Å². The molecule has 0 saturated carbocycles.